The minimum absolute atomic E-state index is 0.0131. The van der Waals surface area contributed by atoms with Crippen LogP contribution in [0.4, 0.5) is 4.39 Å². The van der Waals surface area contributed by atoms with E-state index in [1.165, 1.54) is 13.2 Å². The van der Waals surface area contributed by atoms with Crippen LogP contribution >= 0.6 is 0 Å². The number of ether oxygens (including phenoxy) is 2. The predicted octanol–water partition coefficient (Wildman–Crippen LogP) is 2.74. The molecule has 0 saturated heterocycles. The van der Waals surface area contributed by atoms with Crippen LogP contribution in [0.1, 0.15) is 36.5 Å². The van der Waals surface area contributed by atoms with Crippen LogP contribution in [-0.4, -0.2) is 18.9 Å². The maximum atomic E-state index is 13.8. The van der Waals surface area contributed by atoms with Gasteiger partial charge in [0.05, 0.1) is 18.6 Å². The van der Waals surface area contributed by atoms with E-state index in [1.54, 1.807) is 6.92 Å². The van der Waals surface area contributed by atoms with Crippen LogP contribution in [0.5, 0.6) is 11.5 Å². The lowest BCUT2D eigenvalue weighted by Crippen LogP contribution is -2.13. The highest BCUT2D eigenvalue weighted by Gasteiger charge is 2.33. The molecule has 0 aliphatic heterocycles. The Kier molecular flexibility index (Phi) is 3.83. The van der Waals surface area contributed by atoms with Crippen molar-refractivity contribution in [2.24, 2.45) is 5.92 Å². The van der Waals surface area contributed by atoms with Gasteiger partial charge in [0.2, 0.25) is 5.75 Å². The second-order valence-electron chi connectivity index (χ2n) is 4.43. The fourth-order valence-electron chi connectivity index (χ4n) is 1.75. The van der Waals surface area contributed by atoms with Gasteiger partial charge < -0.3 is 9.47 Å². The molecule has 5 heteroatoms. The van der Waals surface area contributed by atoms with Gasteiger partial charge in [0, 0.05) is 6.42 Å². The molecular formula is C14H15FO4. The zero-order valence-corrected chi connectivity index (χ0v) is 10.9. The third kappa shape index (κ3) is 2.75. The first-order valence-corrected chi connectivity index (χ1v) is 6.19. The van der Waals surface area contributed by atoms with Gasteiger partial charge in [-0.3, -0.25) is 9.59 Å². The number of carbonyl (C=O) groups excluding carboxylic acids is 2. The van der Waals surface area contributed by atoms with Crippen molar-refractivity contribution in [3.05, 3.63) is 23.5 Å². The summed E-state index contributed by atoms with van der Waals surface area (Å²) in [5.41, 5.74) is 0.227. The first kappa shape index (κ1) is 13.5. The van der Waals surface area contributed by atoms with E-state index in [0.29, 0.717) is 0 Å². The van der Waals surface area contributed by atoms with Crippen molar-refractivity contribution >= 4 is 11.8 Å². The van der Waals surface area contributed by atoms with Gasteiger partial charge in [0.15, 0.2) is 17.3 Å². The van der Waals surface area contributed by atoms with Crippen molar-refractivity contribution in [1.82, 2.24) is 0 Å². The van der Waals surface area contributed by atoms with Gasteiger partial charge in [0.1, 0.15) is 0 Å². The number of hydrogen-bond acceptors (Lipinski definition) is 4. The summed E-state index contributed by atoms with van der Waals surface area (Å²) in [6, 6.07) is 2.45. The van der Waals surface area contributed by atoms with Gasteiger partial charge in [-0.2, -0.15) is 0 Å². The highest BCUT2D eigenvalue weighted by Crippen LogP contribution is 2.37. The van der Waals surface area contributed by atoms with Gasteiger partial charge in [-0.05, 0) is 25.0 Å². The molecule has 0 spiro atoms. The summed E-state index contributed by atoms with van der Waals surface area (Å²) >= 11 is 0. The first-order valence-electron chi connectivity index (χ1n) is 6.19. The van der Waals surface area contributed by atoms with E-state index in [1.807, 2.05) is 0 Å². The average molecular weight is 266 g/mol. The molecule has 0 aromatic heterocycles. The fraction of sp³-hybridized carbons (Fsp3) is 0.429. The highest BCUT2D eigenvalue weighted by atomic mass is 19.1. The average Bonchev–Trinajstić information content (AvgIpc) is 3.24. The van der Waals surface area contributed by atoms with Crippen molar-refractivity contribution < 1.29 is 23.5 Å². The zero-order valence-electron chi connectivity index (χ0n) is 10.9. The van der Waals surface area contributed by atoms with Crippen molar-refractivity contribution in [2.75, 3.05) is 7.11 Å². The number of hydrogen-bond donors (Lipinski definition) is 0. The van der Waals surface area contributed by atoms with Gasteiger partial charge in [-0.15, -0.1) is 0 Å². The maximum Gasteiger partial charge on any atom is 0.314 e. The molecule has 0 heterocycles. The third-order valence-corrected chi connectivity index (χ3v) is 3.00. The van der Waals surface area contributed by atoms with Gasteiger partial charge in [-0.25, -0.2) is 4.39 Å². The molecule has 2 rings (SSSR count). The topological polar surface area (TPSA) is 52.6 Å². The highest BCUT2D eigenvalue weighted by molar-refractivity contribution is 5.99. The number of Topliss-reactive ketones (excluding diaryl/α,β-unsaturated/α-hetero) is 1. The van der Waals surface area contributed by atoms with Crippen LogP contribution < -0.4 is 9.47 Å². The molecule has 0 N–H and O–H groups in total. The first-order chi connectivity index (χ1) is 9.08. The number of methoxy groups -OCH3 is 1. The van der Waals surface area contributed by atoms with E-state index in [4.69, 9.17) is 9.47 Å². The van der Waals surface area contributed by atoms with Gasteiger partial charge >= 0.3 is 5.97 Å². The Hall–Kier alpha value is -1.91. The maximum absolute atomic E-state index is 13.8. The van der Waals surface area contributed by atoms with Crippen molar-refractivity contribution in [2.45, 2.75) is 26.2 Å². The number of rotatable bonds is 5. The molecule has 102 valence electrons. The summed E-state index contributed by atoms with van der Waals surface area (Å²) in [4.78, 5) is 23.4. The monoisotopic (exact) mass is 266 g/mol. The minimum atomic E-state index is -0.710. The van der Waals surface area contributed by atoms with Gasteiger partial charge in [-0.1, -0.05) is 6.92 Å². The molecule has 0 amide bonds. The Morgan fingerprint density at radius 1 is 1.32 bits per heavy atom. The molecule has 1 aliphatic carbocycles. The van der Waals surface area contributed by atoms with E-state index >= 15 is 0 Å². The zero-order chi connectivity index (χ0) is 14.0. The van der Waals surface area contributed by atoms with Crippen molar-refractivity contribution in [3.63, 3.8) is 0 Å². The summed E-state index contributed by atoms with van der Waals surface area (Å²) in [5, 5.41) is 0. The number of esters is 1. The Morgan fingerprint density at radius 3 is 2.53 bits per heavy atom. The fourth-order valence-corrected chi connectivity index (χ4v) is 1.75. The molecule has 0 atom stereocenters. The predicted molar refractivity (Wildman–Crippen MR) is 65.9 cm³/mol. The number of halogens is 1. The Labute approximate surface area is 110 Å². The molecule has 0 unspecified atom stereocenters. The smallest absolute Gasteiger partial charge is 0.314 e. The van der Waals surface area contributed by atoms with Crippen molar-refractivity contribution in [1.29, 1.82) is 0 Å². The largest absolute Gasteiger partial charge is 0.492 e. The lowest BCUT2D eigenvalue weighted by Gasteiger charge is -2.13. The molecule has 1 aromatic carbocycles. The number of benzene rings is 1. The third-order valence-electron chi connectivity index (χ3n) is 3.00. The second-order valence-corrected chi connectivity index (χ2v) is 4.43. The van der Waals surface area contributed by atoms with Crippen LogP contribution in [0.25, 0.3) is 0 Å². The lowest BCUT2D eigenvalue weighted by molar-refractivity contribution is -0.136. The molecule has 0 bridgehead atoms. The van der Waals surface area contributed by atoms with Crippen LogP contribution in [0, 0.1) is 11.7 Å². The molecular weight excluding hydrogens is 251 g/mol. The summed E-state index contributed by atoms with van der Waals surface area (Å²) in [6.07, 6.45) is 1.78. The van der Waals surface area contributed by atoms with E-state index in [0.717, 1.165) is 18.9 Å². The van der Waals surface area contributed by atoms with Gasteiger partial charge in [0.25, 0.3) is 0 Å². The molecule has 1 aliphatic rings. The van der Waals surface area contributed by atoms with Crippen LogP contribution in [0.15, 0.2) is 12.1 Å². The number of ketones is 1. The van der Waals surface area contributed by atoms with E-state index < -0.39 is 11.8 Å². The minimum Gasteiger partial charge on any atom is -0.492 e. The summed E-state index contributed by atoms with van der Waals surface area (Å²) in [5.74, 6) is -1.84. The second kappa shape index (κ2) is 5.38. The van der Waals surface area contributed by atoms with Crippen LogP contribution in [-0.2, 0) is 4.79 Å². The SMILES string of the molecule is CCC(=O)c1ccc(F)c(OC(=O)C2CC2)c1OC. The summed E-state index contributed by atoms with van der Waals surface area (Å²) in [6.45, 7) is 1.70. The Morgan fingerprint density at radius 2 is 2.00 bits per heavy atom. The molecule has 1 saturated carbocycles. The van der Waals surface area contributed by atoms with E-state index in [9.17, 15) is 14.0 Å². The van der Waals surface area contributed by atoms with Crippen LogP contribution in [0.3, 0.4) is 0 Å². The van der Waals surface area contributed by atoms with E-state index in [-0.39, 0.29) is 35.2 Å². The molecule has 1 fully saturated rings. The molecule has 0 radical (unpaired) electrons. The standard InChI is InChI=1S/C14H15FO4/c1-3-11(16)9-6-7-10(15)13(12(9)18-2)19-14(17)8-4-5-8/h6-8H,3-5H2,1-2H3. The number of carbonyl (C=O) groups is 2. The molecule has 19 heavy (non-hydrogen) atoms. The Balaban J connectivity index is 2.38. The van der Waals surface area contributed by atoms with Crippen molar-refractivity contribution in [3.8, 4) is 11.5 Å². The van der Waals surface area contributed by atoms with Crippen LogP contribution in [0.2, 0.25) is 0 Å². The lowest BCUT2D eigenvalue weighted by atomic mass is 10.1. The summed E-state index contributed by atoms with van der Waals surface area (Å²) < 4.78 is 23.8. The molecule has 4 nitrogen and oxygen atoms in total. The Bertz CT molecular complexity index is 520. The quantitative estimate of drug-likeness (QED) is 0.467. The summed E-state index contributed by atoms with van der Waals surface area (Å²) in [7, 11) is 1.32. The van der Waals surface area contributed by atoms with E-state index in [2.05, 4.69) is 0 Å². The normalized spacial score (nSPS) is 14.1. The molecule has 1 aromatic rings.